The van der Waals surface area contributed by atoms with Crippen LogP contribution in [0.25, 0.3) is 66.4 Å². The van der Waals surface area contributed by atoms with E-state index >= 15 is 0 Å². The highest BCUT2D eigenvalue weighted by Crippen LogP contribution is 2.58. The second kappa shape index (κ2) is 16.1. The van der Waals surface area contributed by atoms with Gasteiger partial charge in [0.1, 0.15) is 0 Å². The van der Waals surface area contributed by atoms with Gasteiger partial charge < -0.3 is 4.90 Å². The lowest BCUT2D eigenvalue weighted by Gasteiger charge is -2.35. The van der Waals surface area contributed by atoms with Crippen LogP contribution in [0.4, 0.5) is 17.1 Å². The fourth-order valence-corrected chi connectivity index (χ4v) is 10.6. The first-order valence-corrected chi connectivity index (χ1v) is 22.6. The highest BCUT2D eigenvalue weighted by Gasteiger charge is 2.46. The zero-order valence-electron chi connectivity index (χ0n) is 56.3. The molecule has 1 heteroatoms. The molecule has 0 aromatic heterocycles. The minimum absolute atomic E-state index is 0.249. The summed E-state index contributed by atoms with van der Waals surface area (Å²) in [6.07, 6.45) is 0. The van der Waals surface area contributed by atoms with Crippen LogP contribution < -0.4 is 4.90 Å². The molecule has 13 rings (SSSR count). The summed E-state index contributed by atoms with van der Waals surface area (Å²) in [6, 6.07) is 32.2. The molecule has 0 N–H and O–H groups in total. The first-order chi connectivity index (χ1) is 41.9. The molecule has 0 spiro atoms. The summed E-state index contributed by atoms with van der Waals surface area (Å²) in [6.45, 7) is 4.22. The minimum Gasteiger partial charge on any atom is -0.310 e. The molecule has 0 heterocycles. The van der Waals surface area contributed by atoms with Crippen LogP contribution in [-0.2, 0) is 10.8 Å². The van der Waals surface area contributed by atoms with Gasteiger partial charge in [0.05, 0.1) is 31.5 Å². The molecule has 11 aromatic carbocycles. The Morgan fingerprint density at radius 1 is 0.348 bits per heavy atom. The third kappa shape index (κ3) is 6.38. The zero-order valence-corrected chi connectivity index (χ0v) is 37.3. The fourth-order valence-electron chi connectivity index (χ4n) is 10.6. The Bertz CT molecular complexity index is 4760. The maximum absolute atomic E-state index is 10.3. The van der Waals surface area contributed by atoms with E-state index in [1.165, 1.54) is 0 Å². The third-order valence-corrected chi connectivity index (χ3v) is 13.7. The average Bonchev–Trinajstić information content (AvgIpc) is 1.25. The van der Waals surface area contributed by atoms with Gasteiger partial charge in [-0.3, -0.25) is 0 Å². The van der Waals surface area contributed by atoms with E-state index in [4.69, 9.17) is 11.0 Å². The summed E-state index contributed by atoms with van der Waals surface area (Å²) in [5.41, 5.74) is 4.70. The smallest absolute Gasteiger partial charge is 0.0714 e. The van der Waals surface area contributed by atoms with Gasteiger partial charge >= 0.3 is 0 Å². The number of benzene rings is 11. The number of rotatable bonds is 8. The van der Waals surface area contributed by atoms with Crippen LogP contribution in [-0.4, -0.2) is 0 Å². The van der Waals surface area contributed by atoms with Crippen molar-refractivity contribution in [3.8, 4) is 55.6 Å². The standard InChI is InChI=1S/C68H49N/c1-67(2)62-28-16-14-26-58(62)60-42-39-54(44-64(60)67)69(55-40-43-61-59-27-15-17-29-63(59)68(65(61)45-55,51-21-8-4-9-22-51)52-23-10-5-11-24-52)53-37-34-49(35-38-53)57-41-36-48-20-12-13-25-56(48)66(57)50-32-30-47(31-33-50)46-18-6-3-7-19-46/h3-45H,1-2H3/i3D,6D,7D,12D,13D,18D,19D,20D,25D,30D,31D,32D,33D,34D,35D,36D,37D,38D,41D. The van der Waals surface area contributed by atoms with E-state index in [0.717, 1.165) is 55.6 Å². The highest BCUT2D eigenvalue weighted by atomic mass is 15.1. The molecule has 0 fully saturated rings. The summed E-state index contributed by atoms with van der Waals surface area (Å²) < 4.78 is 177. The SMILES string of the molecule is [2H]c1c([2H])c([2H])c(-c2c([2H])c([2H])c(-c3c(-c4c([2H])c([2H])c(N(c5ccc6c(c5)C(C)(C)c5ccccc5-6)c5ccc6c(c5)C(c5ccccc5)(c5ccccc5)c5ccccc5-6)c([2H])c4[2H])c([2H])c([2H])c4c([2H])c([2H])c([2H])c([2H])c34)c([2H])c2[2H])c([2H])c1[2H]. The van der Waals surface area contributed by atoms with Gasteiger partial charge in [-0.05, 0) is 136 Å². The molecule has 0 saturated carbocycles. The van der Waals surface area contributed by atoms with Gasteiger partial charge in [0.2, 0.25) is 0 Å². The Morgan fingerprint density at radius 2 is 0.855 bits per heavy atom. The molecule has 11 aromatic rings. The molecule has 0 atom stereocenters. The van der Waals surface area contributed by atoms with E-state index in [0.29, 0.717) is 11.4 Å². The van der Waals surface area contributed by atoms with Gasteiger partial charge in [-0.15, -0.1) is 0 Å². The van der Waals surface area contributed by atoms with E-state index in [1.807, 2.05) is 97.1 Å². The average molecular weight is 899 g/mol. The normalized spacial score (nSPS) is 17.4. The predicted octanol–water partition coefficient (Wildman–Crippen LogP) is 18.0. The molecule has 0 radical (unpaired) electrons. The lowest BCUT2D eigenvalue weighted by Crippen LogP contribution is -2.28. The predicted molar refractivity (Wildman–Crippen MR) is 290 cm³/mol. The van der Waals surface area contributed by atoms with Gasteiger partial charge in [-0.2, -0.15) is 0 Å². The Balaban J connectivity index is 1.13. The Kier molecular flexibility index (Phi) is 5.96. The van der Waals surface area contributed by atoms with Crippen molar-refractivity contribution in [2.75, 3.05) is 4.90 Å². The lowest BCUT2D eigenvalue weighted by molar-refractivity contribution is 0.660. The van der Waals surface area contributed by atoms with Gasteiger partial charge in [-0.1, -0.05) is 238 Å². The Hall–Kier alpha value is -8.52. The van der Waals surface area contributed by atoms with Crippen molar-refractivity contribution in [3.05, 3.63) is 294 Å². The van der Waals surface area contributed by atoms with Crippen LogP contribution in [0.3, 0.4) is 0 Å². The van der Waals surface area contributed by atoms with E-state index in [1.54, 1.807) is 4.90 Å². The van der Waals surface area contributed by atoms with Crippen LogP contribution in [0.15, 0.2) is 260 Å². The number of anilines is 3. The van der Waals surface area contributed by atoms with E-state index in [2.05, 4.69) is 62.4 Å². The second-order valence-electron chi connectivity index (χ2n) is 17.7. The van der Waals surface area contributed by atoms with Crippen molar-refractivity contribution in [2.24, 2.45) is 0 Å². The summed E-state index contributed by atoms with van der Waals surface area (Å²) in [7, 11) is 0. The topological polar surface area (TPSA) is 3.24 Å². The molecule has 2 aliphatic rings. The quantitative estimate of drug-likeness (QED) is 0.147. The van der Waals surface area contributed by atoms with Crippen molar-refractivity contribution in [1.82, 2.24) is 0 Å². The molecule has 0 amide bonds. The minimum atomic E-state index is -0.976. The summed E-state index contributed by atoms with van der Waals surface area (Å²) in [5.74, 6) is 0. The molecule has 1 nitrogen and oxygen atoms in total. The van der Waals surface area contributed by atoms with Crippen molar-refractivity contribution in [1.29, 1.82) is 0 Å². The van der Waals surface area contributed by atoms with Crippen molar-refractivity contribution >= 4 is 27.8 Å². The maximum atomic E-state index is 10.3. The monoisotopic (exact) mass is 899 g/mol. The number of fused-ring (bicyclic) bond motifs is 7. The van der Waals surface area contributed by atoms with Gasteiger partial charge in [0, 0.05) is 22.5 Å². The Labute approximate surface area is 432 Å². The molecule has 326 valence electrons. The molecule has 0 bridgehead atoms. The zero-order chi connectivity index (χ0) is 62.6. The second-order valence-corrected chi connectivity index (χ2v) is 17.7. The molecule has 2 aliphatic carbocycles. The first kappa shape index (κ1) is 25.6. The molecular formula is C68H49N. The summed E-state index contributed by atoms with van der Waals surface area (Å²) in [5, 5.41) is -1.18. The van der Waals surface area contributed by atoms with E-state index in [-0.39, 0.29) is 5.69 Å². The third-order valence-electron chi connectivity index (χ3n) is 13.7. The fraction of sp³-hybridized carbons (Fsp3) is 0.0588. The molecule has 0 unspecified atom stereocenters. The highest BCUT2D eigenvalue weighted by molar-refractivity contribution is 6.04. The summed E-state index contributed by atoms with van der Waals surface area (Å²) in [4.78, 5) is 1.67. The Morgan fingerprint density at radius 3 is 1.54 bits per heavy atom. The van der Waals surface area contributed by atoms with Crippen LogP contribution in [0.2, 0.25) is 0 Å². The number of nitrogens with zero attached hydrogens (tertiary/aromatic N) is 1. The van der Waals surface area contributed by atoms with Crippen LogP contribution >= 0.6 is 0 Å². The van der Waals surface area contributed by atoms with Crippen LogP contribution in [0.5, 0.6) is 0 Å². The van der Waals surface area contributed by atoms with Crippen molar-refractivity contribution < 1.29 is 26.0 Å². The maximum Gasteiger partial charge on any atom is 0.0714 e. The van der Waals surface area contributed by atoms with Gasteiger partial charge in [0.25, 0.3) is 0 Å². The van der Waals surface area contributed by atoms with Crippen molar-refractivity contribution in [2.45, 2.75) is 24.7 Å². The molecule has 0 aliphatic heterocycles. The van der Waals surface area contributed by atoms with Gasteiger partial charge in [0.15, 0.2) is 0 Å². The lowest BCUT2D eigenvalue weighted by atomic mass is 9.67. The largest absolute Gasteiger partial charge is 0.310 e. The van der Waals surface area contributed by atoms with Gasteiger partial charge in [-0.25, -0.2) is 0 Å². The number of hydrogen-bond donors (Lipinski definition) is 0. The molecule has 0 saturated heterocycles. The van der Waals surface area contributed by atoms with E-state index in [9.17, 15) is 15.1 Å². The molecular weight excluding hydrogens is 831 g/mol. The van der Waals surface area contributed by atoms with Crippen LogP contribution in [0.1, 0.15) is 73.3 Å². The van der Waals surface area contributed by atoms with Crippen LogP contribution in [0, 0.1) is 0 Å². The first-order valence-electron chi connectivity index (χ1n) is 32.1. The van der Waals surface area contributed by atoms with E-state index < -0.39 is 170 Å². The summed E-state index contributed by atoms with van der Waals surface area (Å²) >= 11 is 0. The number of hydrogen-bond acceptors (Lipinski definition) is 1. The van der Waals surface area contributed by atoms with Crippen molar-refractivity contribution in [3.63, 3.8) is 0 Å². The molecule has 69 heavy (non-hydrogen) atoms.